The summed E-state index contributed by atoms with van der Waals surface area (Å²) >= 11 is 0. The lowest BCUT2D eigenvalue weighted by molar-refractivity contribution is 0.281. The van der Waals surface area contributed by atoms with Crippen LogP contribution in [0.2, 0.25) is 0 Å². The molecule has 1 N–H and O–H groups in total. The molecule has 0 aliphatic carbocycles. The van der Waals surface area contributed by atoms with E-state index in [1.54, 1.807) is 12.5 Å². The van der Waals surface area contributed by atoms with Gasteiger partial charge in [-0.2, -0.15) is 0 Å². The van der Waals surface area contributed by atoms with Crippen molar-refractivity contribution >= 4 is 5.82 Å². The molecule has 0 saturated carbocycles. The van der Waals surface area contributed by atoms with E-state index in [4.69, 9.17) is 0 Å². The molecule has 1 unspecified atom stereocenters. The second-order valence-corrected chi connectivity index (χ2v) is 5.10. The average molecular weight is 249 g/mol. The first-order valence-corrected chi connectivity index (χ1v) is 6.99. The first-order chi connectivity index (χ1) is 8.85. The standard InChI is InChI=1S/C14H23N3O/c1-2-4-12-5-3-7-17(8-6-12)14-13(10-18)9-15-11-16-14/h9,11-12,18H,2-8,10H2,1H3. The second-order valence-electron chi connectivity index (χ2n) is 5.10. The van der Waals surface area contributed by atoms with Gasteiger partial charge in [-0.1, -0.05) is 19.8 Å². The summed E-state index contributed by atoms with van der Waals surface area (Å²) in [5.74, 6) is 1.78. The Morgan fingerprint density at radius 3 is 3.06 bits per heavy atom. The summed E-state index contributed by atoms with van der Waals surface area (Å²) < 4.78 is 0. The highest BCUT2D eigenvalue weighted by molar-refractivity contribution is 5.45. The molecule has 0 bridgehead atoms. The molecule has 1 aromatic rings. The van der Waals surface area contributed by atoms with Crippen LogP contribution >= 0.6 is 0 Å². The minimum absolute atomic E-state index is 0.0189. The zero-order valence-electron chi connectivity index (χ0n) is 11.2. The first kappa shape index (κ1) is 13.3. The summed E-state index contributed by atoms with van der Waals surface area (Å²) in [5, 5.41) is 9.35. The SMILES string of the molecule is CCCC1CCCN(c2ncncc2CO)CC1. The lowest BCUT2D eigenvalue weighted by Gasteiger charge is -2.23. The van der Waals surface area contributed by atoms with Crippen LogP contribution in [0.25, 0.3) is 0 Å². The summed E-state index contributed by atoms with van der Waals surface area (Å²) in [5.41, 5.74) is 0.839. The van der Waals surface area contributed by atoms with E-state index in [2.05, 4.69) is 21.8 Å². The molecule has 4 heteroatoms. The zero-order valence-corrected chi connectivity index (χ0v) is 11.2. The molecule has 0 spiro atoms. The lowest BCUT2D eigenvalue weighted by Crippen LogP contribution is -2.26. The van der Waals surface area contributed by atoms with Crippen LogP contribution in [-0.4, -0.2) is 28.2 Å². The molecular weight excluding hydrogens is 226 g/mol. The molecule has 100 valence electrons. The van der Waals surface area contributed by atoms with E-state index < -0.39 is 0 Å². The Balaban J connectivity index is 2.05. The van der Waals surface area contributed by atoms with Gasteiger partial charge in [0.1, 0.15) is 12.1 Å². The number of anilines is 1. The van der Waals surface area contributed by atoms with Crippen molar-refractivity contribution in [1.29, 1.82) is 0 Å². The number of hydrogen-bond acceptors (Lipinski definition) is 4. The van der Waals surface area contributed by atoms with Crippen molar-refractivity contribution in [2.75, 3.05) is 18.0 Å². The number of aliphatic hydroxyl groups excluding tert-OH is 1. The molecule has 2 heterocycles. The lowest BCUT2D eigenvalue weighted by atomic mass is 9.96. The van der Waals surface area contributed by atoms with Gasteiger partial charge in [0, 0.05) is 24.8 Å². The molecule has 1 saturated heterocycles. The fourth-order valence-electron chi connectivity index (χ4n) is 2.82. The quantitative estimate of drug-likeness (QED) is 0.890. The predicted octanol–water partition coefficient (Wildman–Crippen LogP) is 2.38. The van der Waals surface area contributed by atoms with Gasteiger partial charge in [-0.3, -0.25) is 0 Å². The summed E-state index contributed by atoms with van der Waals surface area (Å²) in [7, 11) is 0. The van der Waals surface area contributed by atoms with Crippen LogP contribution in [0.4, 0.5) is 5.82 Å². The van der Waals surface area contributed by atoms with E-state index in [0.717, 1.165) is 30.4 Å². The highest BCUT2D eigenvalue weighted by Crippen LogP contribution is 2.25. The minimum Gasteiger partial charge on any atom is -0.391 e. The third kappa shape index (κ3) is 3.19. The Morgan fingerprint density at radius 2 is 2.28 bits per heavy atom. The molecule has 1 aromatic heterocycles. The molecule has 0 radical (unpaired) electrons. The number of hydrogen-bond donors (Lipinski definition) is 1. The first-order valence-electron chi connectivity index (χ1n) is 6.99. The van der Waals surface area contributed by atoms with E-state index >= 15 is 0 Å². The fraction of sp³-hybridized carbons (Fsp3) is 0.714. The van der Waals surface area contributed by atoms with Gasteiger partial charge in [0.2, 0.25) is 0 Å². The Bertz CT molecular complexity index is 370. The van der Waals surface area contributed by atoms with Crippen LogP contribution in [0.1, 0.15) is 44.6 Å². The van der Waals surface area contributed by atoms with Gasteiger partial charge in [-0.05, 0) is 25.2 Å². The van der Waals surface area contributed by atoms with E-state index in [0.29, 0.717) is 0 Å². The maximum absolute atomic E-state index is 9.35. The van der Waals surface area contributed by atoms with Crippen LogP contribution in [-0.2, 0) is 6.61 Å². The number of aromatic nitrogens is 2. The van der Waals surface area contributed by atoms with Gasteiger partial charge in [-0.15, -0.1) is 0 Å². The molecule has 0 amide bonds. The third-order valence-electron chi connectivity index (χ3n) is 3.78. The zero-order chi connectivity index (χ0) is 12.8. The highest BCUT2D eigenvalue weighted by atomic mass is 16.3. The van der Waals surface area contributed by atoms with Crippen LogP contribution in [0.5, 0.6) is 0 Å². The van der Waals surface area contributed by atoms with Gasteiger partial charge in [0.05, 0.1) is 6.61 Å². The van der Waals surface area contributed by atoms with Gasteiger partial charge in [0.25, 0.3) is 0 Å². The van der Waals surface area contributed by atoms with E-state index in [1.807, 2.05) is 0 Å². The Hall–Kier alpha value is -1.16. The van der Waals surface area contributed by atoms with Gasteiger partial charge >= 0.3 is 0 Å². The van der Waals surface area contributed by atoms with Crippen molar-refractivity contribution in [3.8, 4) is 0 Å². The topological polar surface area (TPSA) is 49.2 Å². The van der Waals surface area contributed by atoms with E-state index in [9.17, 15) is 5.11 Å². The van der Waals surface area contributed by atoms with Crippen molar-refractivity contribution < 1.29 is 5.11 Å². The highest BCUT2D eigenvalue weighted by Gasteiger charge is 2.19. The molecule has 18 heavy (non-hydrogen) atoms. The summed E-state index contributed by atoms with van der Waals surface area (Å²) in [6.45, 7) is 4.38. The maximum atomic E-state index is 9.35. The smallest absolute Gasteiger partial charge is 0.137 e. The molecule has 1 aliphatic heterocycles. The molecule has 1 aliphatic rings. The third-order valence-corrected chi connectivity index (χ3v) is 3.78. The van der Waals surface area contributed by atoms with Gasteiger partial charge < -0.3 is 10.0 Å². The Kier molecular flexibility index (Phi) is 4.93. The number of nitrogens with zero attached hydrogens (tertiary/aromatic N) is 3. The largest absolute Gasteiger partial charge is 0.391 e. The van der Waals surface area contributed by atoms with E-state index in [1.165, 1.54) is 32.1 Å². The molecule has 2 rings (SSSR count). The molecule has 1 atom stereocenters. The Morgan fingerprint density at radius 1 is 1.39 bits per heavy atom. The molecule has 0 aromatic carbocycles. The molecule has 1 fully saturated rings. The normalized spacial score (nSPS) is 20.8. The average Bonchev–Trinajstić information content (AvgIpc) is 2.65. The van der Waals surface area contributed by atoms with Crippen molar-refractivity contribution in [2.24, 2.45) is 5.92 Å². The van der Waals surface area contributed by atoms with Crippen molar-refractivity contribution in [3.63, 3.8) is 0 Å². The van der Waals surface area contributed by atoms with Crippen LogP contribution in [0.3, 0.4) is 0 Å². The van der Waals surface area contributed by atoms with Crippen LogP contribution in [0, 0.1) is 5.92 Å². The van der Waals surface area contributed by atoms with Crippen molar-refractivity contribution in [1.82, 2.24) is 9.97 Å². The van der Waals surface area contributed by atoms with Crippen LogP contribution in [0.15, 0.2) is 12.5 Å². The second kappa shape index (κ2) is 6.69. The maximum Gasteiger partial charge on any atom is 0.137 e. The minimum atomic E-state index is 0.0189. The fourth-order valence-corrected chi connectivity index (χ4v) is 2.82. The summed E-state index contributed by atoms with van der Waals surface area (Å²) in [6, 6.07) is 0. The monoisotopic (exact) mass is 249 g/mol. The van der Waals surface area contributed by atoms with Gasteiger partial charge in [-0.25, -0.2) is 9.97 Å². The van der Waals surface area contributed by atoms with E-state index in [-0.39, 0.29) is 6.61 Å². The van der Waals surface area contributed by atoms with Gasteiger partial charge in [0.15, 0.2) is 0 Å². The summed E-state index contributed by atoms with van der Waals surface area (Å²) in [4.78, 5) is 10.6. The molecular formula is C14H23N3O. The predicted molar refractivity (Wildman–Crippen MR) is 72.4 cm³/mol. The summed E-state index contributed by atoms with van der Waals surface area (Å²) in [6.07, 6.45) is 9.69. The Labute approximate surface area is 109 Å². The number of rotatable bonds is 4. The number of aliphatic hydroxyl groups is 1. The van der Waals surface area contributed by atoms with Crippen molar-refractivity contribution in [2.45, 2.75) is 45.6 Å². The van der Waals surface area contributed by atoms with Crippen molar-refractivity contribution in [3.05, 3.63) is 18.1 Å². The molecule has 4 nitrogen and oxygen atoms in total. The van der Waals surface area contributed by atoms with Crippen LogP contribution < -0.4 is 4.90 Å².